The van der Waals surface area contributed by atoms with E-state index in [4.69, 9.17) is 9.84 Å². The van der Waals surface area contributed by atoms with E-state index in [-0.39, 0.29) is 18.2 Å². The molecule has 0 aliphatic carbocycles. The molecular formula is C8H13N3O4. The quantitative estimate of drug-likeness (QED) is 0.570. The van der Waals surface area contributed by atoms with Crippen LogP contribution in [0, 0.1) is 17.0 Å². The number of aliphatic hydroxyl groups excluding tert-OH is 1. The third kappa shape index (κ3) is 2.24. The van der Waals surface area contributed by atoms with Gasteiger partial charge in [0.05, 0.1) is 12.0 Å². The molecule has 1 rings (SSSR count). The van der Waals surface area contributed by atoms with Crippen LogP contribution in [0.4, 0.5) is 5.69 Å². The molecule has 0 bridgehead atoms. The summed E-state index contributed by atoms with van der Waals surface area (Å²) in [6.07, 6.45) is 0.503. The first-order chi connectivity index (χ1) is 7.11. The zero-order chi connectivity index (χ0) is 11.4. The number of nitro groups is 1. The molecule has 0 radical (unpaired) electrons. The number of hydrogen-bond acceptors (Lipinski definition) is 5. The molecule has 1 aromatic rings. The Bertz CT molecular complexity index is 361. The van der Waals surface area contributed by atoms with Crippen LogP contribution in [0.2, 0.25) is 0 Å². The second-order valence-electron chi connectivity index (χ2n) is 3.00. The standard InChI is InChI=1S/C8H13N3O4/c1-6-7(11(13)14)8(15-2)9-10(6)4-3-5-12/h12H,3-5H2,1-2H3. The predicted octanol–water partition coefficient (Wildman–Crippen LogP) is 0.491. The number of nitrogens with zero attached hydrogens (tertiary/aromatic N) is 3. The number of aromatic nitrogens is 2. The van der Waals surface area contributed by atoms with Gasteiger partial charge in [0.2, 0.25) is 0 Å². The molecule has 0 aliphatic heterocycles. The second-order valence-corrected chi connectivity index (χ2v) is 3.00. The van der Waals surface area contributed by atoms with Gasteiger partial charge in [-0.1, -0.05) is 0 Å². The molecule has 0 saturated carbocycles. The third-order valence-corrected chi connectivity index (χ3v) is 2.05. The van der Waals surface area contributed by atoms with E-state index in [1.54, 1.807) is 6.92 Å². The predicted molar refractivity (Wildman–Crippen MR) is 51.9 cm³/mol. The van der Waals surface area contributed by atoms with Crippen molar-refractivity contribution in [3.63, 3.8) is 0 Å². The zero-order valence-electron chi connectivity index (χ0n) is 8.63. The third-order valence-electron chi connectivity index (χ3n) is 2.05. The van der Waals surface area contributed by atoms with Gasteiger partial charge in [0, 0.05) is 13.2 Å². The van der Waals surface area contributed by atoms with Crippen LogP contribution in [0.3, 0.4) is 0 Å². The monoisotopic (exact) mass is 215 g/mol. The first kappa shape index (κ1) is 11.4. The Balaban J connectivity index is 3.04. The van der Waals surface area contributed by atoms with E-state index in [2.05, 4.69) is 5.10 Å². The Morgan fingerprint density at radius 1 is 1.67 bits per heavy atom. The van der Waals surface area contributed by atoms with E-state index in [1.807, 2.05) is 0 Å². The maximum Gasteiger partial charge on any atom is 0.352 e. The van der Waals surface area contributed by atoms with E-state index in [0.29, 0.717) is 18.7 Å². The molecule has 0 saturated heterocycles. The van der Waals surface area contributed by atoms with Crippen molar-refractivity contribution in [1.82, 2.24) is 9.78 Å². The van der Waals surface area contributed by atoms with Crippen molar-refractivity contribution >= 4 is 5.69 Å². The molecule has 1 aromatic heterocycles. The van der Waals surface area contributed by atoms with Gasteiger partial charge in [-0.05, 0) is 13.3 Å². The Morgan fingerprint density at radius 3 is 2.73 bits per heavy atom. The Hall–Kier alpha value is -1.63. The lowest BCUT2D eigenvalue weighted by Gasteiger charge is -1.99. The van der Waals surface area contributed by atoms with Gasteiger partial charge in [-0.15, -0.1) is 5.10 Å². The molecule has 0 aliphatic rings. The molecule has 0 aromatic carbocycles. The molecule has 0 fully saturated rings. The van der Waals surface area contributed by atoms with Crippen LogP contribution in [-0.4, -0.2) is 33.5 Å². The molecule has 1 heterocycles. The van der Waals surface area contributed by atoms with Crippen LogP contribution >= 0.6 is 0 Å². The van der Waals surface area contributed by atoms with Crippen molar-refractivity contribution in [2.24, 2.45) is 0 Å². The van der Waals surface area contributed by atoms with E-state index in [1.165, 1.54) is 11.8 Å². The minimum absolute atomic E-state index is 0.00967. The van der Waals surface area contributed by atoms with Gasteiger partial charge >= 0.3 is 11.6 Å². The molecule has 1 N–H and O–H groups in total. The van der Waals surface area contributed by atoms with Crippen molar-refractivity contribution in [3.8, 4) is 5.88 Å². The van der Waals surface area contributed by atoms with Crippen LogP contribution in [0.1, 0.15) is 12.1 Å². The average molecular weight is 215 g/mol. The molecule has 0 unspecified atom stereocenters. The summed E-state index contributed by atoms with van der Waals surface area (Å²) in [7, 11) is 1.34. The maximum atomic E-state index is 10.7. The SMILES string of the molecule is COc1nn(CCCO)c(C)c1[N+](=O)[O-]. The summed E-state index contributed by atoms with van der Waals surface area (Å²) in [5.74, 6) is 0.00967. The van der Waals surface area contributed by atoms with Crippen LogP contribution in [0.15, 0.2) is 0 Å². The van der Waals surface area contributed by atoms with Crippen LogP contribution in [-0.2, 0) is 6.54 Å². The van der Waals surface area contributed by atoms with Crippen molar-refractivity contribution in [3.05, 3.63) is 15.8 Å². The Morgan fingerprint density at radius 2 is 2.33 bits per heavy atom. The Labute approximate surface area is 86.4 Å². The molecule has 7 nitrogen and oxygen atoms in total. The lowest BCUT2D eigenvalue weighted by atomic mass is 10.4. The second kappa shape index (κ2) is 4.74. The molecule has 7 heteroatoms. The summed E-state index contributed by atoms with van der Waals surface area (Å²) in [5.41, 5.74) is 0.320. The zero-order valence-corrected chi connectivity index (χ0v) is 8.63. The highest BCUT2D eigenvalue weighted by atomic mass is 16.6. The van der Waals surface area contributed by atoms with Crippen molar-refractivity contribution in [2.75, 3.05) is 13.7 Å². The van der Waals surface area contributed by atoms with Crippen LogP contribution in [0.25, 0.3) is 0 Å². The van der Waals surface area contributed by atoms with Gasteiger partial charge in [-0.25, -0.2) is 0 Å². The maximum absolute atomic E-state index is 10.7. The number of methoxy groups -OCH3 is 1. The average Bonchev–Trinajstić information content (AvgIpc) is 2.52. The van der Waals surface area contributed by atoms with Crippen LogP contribution < -0.4 is 4.74 Å². The first-order valence-corrected chi connectivity index (χ1v) is 4.48. The minimum Gasteiger partial charge on any atom is -0.475 e. The number of rotatable bonds is 5. The van der Waals surface area contributed by atoms with Crippen molar-refractivity contribution in [1.29, 1.82) is 0 Å². The summed E-state index contributed by atoms with van der Waals surface area (Å²) in [5, 5.41) is 23.3. The molecule has 15 heavy (non-hydrogen) atoms. The number of hydrogen-bond donors (Lipinski definition) is 1. The molecule has 0 spiro atoms. The highest BCUT2D eigenvalue weighted by Crippen LogP contribution is 2.29. The van der Waals surface area contributed by atoms with Gasteiger partial charge in [-0.2, -0.15) is 0 Å². The fourth-order valence-electron chi connectivity index (χ4n) is 1.29. The lowest BCUT2D eigenvalue weighted by Crippen LogP contribution is -2.04. The highest BCUT2D eigenvalue weighted by molar-refractivity contribution is 5.45. The molecule has 84 valence electrons. The van der Waals surface area contributed by atoms with Gasteiger partial charge in [0.1, 0.15) is 5.69 Å². The Kier molecular flexibility index (Phi) is 3.62. The van der Waals surface area contributed by atoms with E-state index in [0.717, 1.165) is 0 Å². The molecule has 0 atom stereocenters. The lowest BCUT2D eigenvalue weighted by molar-refractivity contribution is -0.386. The fraction of sp³-hybridized carbons (Fsp3) is 0.625. The van der Waals surface area contributed by atoms with Crippen LogP contribution in [0.5, 0.6) is 5.88 Å². The van der Waals surface area contributed by atoms with Gasteiger partial charge in [-0.3, -0.25) is 14.8 Å². The van der Waals surface area contributed by atoms with E-state index < -0.39 is 4.92 Å². The summed E-state index contributed by atoms with van der Waals surface area (Å²) in [4.78, 5) is 10.2. The summed E-state index contributed by atoms with van der Waals surface area (Å²) in [6.45, 7) is 2.06. The highest BCUT2D eigenvalue weighted by Gasteiger charge is 2.25. The minimum atomic E-state index is -0.517. The van der Waals surface area contributed by atoms with Crippen molar-refractivity contribution < 1.29 is 14.8 Å². The van der Waals surface area contributed by atoms with E-state index >= 15 is 0 Å². The smallest absolute Gasteiger partial charge is 0.352 e. The fourth-order valence-corrected chi connectivity index (χ4v) is 1.29. The topological polar surface area (TPSA) is 90.4 Å². The van der Waals surface area contributed by atoms with Gasteiger partial charge in [0.25, 0.3) is 0 Å². The summed E-state index contributed by atoms with van der Waals surface area (Å²) >= 11 is 0. The molecular weight excluding hydrogens is 202 g/mol. The van der Waals surface area contributed by atoms with Gasteiger partial charge in [0.15, 0.2) is 0 Å². The largest absolute Gasteiger partial charge is 0.475 e. The van der Waals surface area contributed by atoms with Gasteiger partial charge < -0.3 is 9.84 Å². The number of aliphatic hydroxyl groups is 1. The normalized spacial score (nSPS) is 10.3. The summed E-state index contributed by atoms with van der Waals surface area (Å²) in [6, 6.07) is 0. The number of aryl methyl sites for hydroxylation is 1. The van der Waals surface area contributed by atoms with Crippen molar-refractivity contribution in [2.45, 2.75) is 19.9 Å². The number of ether oxygens (including phenoxy) is 1. The molecule has 0 amide bonds. The van der Waals surface area contributed by atoms with E-state index in [9.17, 15) is 10.1 Å². The summed E-state index contributed by atoms with van der Waals surface area (Å²) < 4.78 is 6.28. The first-order valence-electron chi connectivity index (χ1n) is 4.48.